The number of nitrogens with zero attached hydrogens (tertiary/aromatic N) is 1. The highest BCUT2D eigenvalue weighted by Gasteiger charge is 2.06. The topological polar surface area (TPSA) is 29.5 Å². The normalized spacial score (nSPS) is 10.7. The van der Waals surface area contributed by atoms with Gasteiger partial charge in [0.2, 0.25) is 5.91 Å². The molecule has 3 nitrogen and oxygen atoms in total. The van der Waals surface area contributed by atoms with Gasteiger partial charge in [0.15, 0.2) is 0 Å². The van der Waals surface area contributed by atoms with Crippen LogP contribution >= 0.6 is 15.9 Å². The van der Waals surface area contributed by atoms with Crippen LogP contribution in [0.4, 0.5) is 0 Å². The van der Waals surface area contributed by atoms with Crippen molar-refractivity contribution in [1.82, 2.24) is 4.90 Å². The second-order valence-electron chi connectivity index (χ2n) is 4.90. The molecule has 0 atom stereocenters. The van der Waals surface area contributed by atoms with Crippen LogP contribution in [0.15, 0.2) is 59.1 Å². The van der Waals surface area contributed by atoms with Crippen LogP contribution in [-0.2, 0) is 11.3 Å². The number of ether oxygens (including phenoxy) is 1. The van der Waals surface area contributed by atoms with E-state index in [0.29, 0.717) is 6.54 Å². The number of rotatable bonds is 5. The van der Waals surface area contributed by atoms with Crippen molar-refractivity contribution in [2.75, 3.05) is 14.2 Å². The van der Waals surface area contributed by atoms with E-state index in [9.17, 15) is 4.79 Å². The van der Waals surface area contributed by atoms with E-state index >= 15 is 0 Å². The Morgan fingerprint density at radius 3 is 2.64 bits per heavy atom. The largest absolute Gasteiger partial charge is 0.496 e. The Bertz CT molecular complexity index is 668. The highest BCUT2D eigenvalue weighted by molar-refractivity contribution is 9.10. The molecule has 0 radical (unpaired) electrons. The maximum absolute atomic E-state index is 12.2. The first-order valence-corrected chi connectivity index (χ1v) is 7.70. The maximum atomic E-state index is 12.2. The molecular weight excluding hydrogens is 342 g/mol. The van der Waals surface area contributed by atoms with Gasteiger partial charge in [-0.2, -0.15) is 0 Å². The van der Waals surface area contributed by atoms with Crippen LogP contribution in [0.2, 0.25) is 0 Å². The molecular formula is C18H18BrNO2. The third-order valence-corrected chi connectivity index (χ3v) is 3.73. The summed E-state index contributed by atoms with van der Waals surface area (Å²) in [7, 11) is 3.40. The number of carbonyl (C=O) groups excluding carboxylic acids is 1. The second-order valence-corrected chi connectivity index (χ2v) is 5.82. The van der Waals surface area contributed by atoms with Crippen LogP contribution in [0.3, 0.4) is 0 Å². The van der Waals surface area contributed by atoms with Gasteiger partial charge in [-0.1, -0.05) is 46.3 Å². The smallest absolute Gasteiger partial charge is 0.246 e. The summed E-state index contributed by atoms with van der Waals surface area (Å²) in [4.78, 5) is 13.9. The number of hydrogen-bond acceptors (Lipinski definition) is 2. The number of methoxy groups -OCH3 is 1. The van der Waals surface area contributed by atoms with Gasteiger partial charge in [-0.3, -0.25) is 4.79 Å². The summed E-state index contributed by atoms with van der Waals surface area (Å²) in [5, 5.41) is 0. The molecule has 4 heteroatoms. The first kappa shape index (κ1) is 16.3. The van der Waals surface area contributed by atoms with Gasteiger partial charge >= 0.3 is 0 Å². The highest BCUT2D eigenvalue weighted by atomic mass is 79.9. The van der Waals surface area contributed by atoms with E-state index in [1.807, 2.05) is 48.5 Å². The minimum atomic E-state index is -0.0501. The molecule has 2 aromatic carbocycles. The minimum absolute atomic E-state index is 0.0501. The van der Waals surface area contributed by atoms with Gasteiger partial charge in [-0.15, -0.1) is 0 Å². The lowest BCUT2D eigenvalue weighted by molar-refractivity contribution is -0.125. The molecule has 114 valence electrons. The Balaban J connectivity index is 2.06. The zero-order chi connectivity index (χ0) is 15.9. The first-order valence-electron chi connectivity index (χ1n) is 6.91. The van der Waals surface area contributed by atoms with Gasteiger partial charge < -0.3 is 9.64 Å². The van der Waals surface area contributed by atoms with Crippen molar-refractivity contribution >= 4 is 27.9 Å². The summed E-state index contributed by atoms with van der Waals surface area (Å²) in [6, 6.07) is 15.6. The Morgan fingerprint density at radius 2 is 1.95 bits per heavy atom. The molecule has 0 aromatic heterocycles. The van der Waals surface area contributed by atoms with E-state index in [0.717, 1.165) is 21.3 Å². The van der Waals surface area contributed by atoms with Crippen molar-refractivity contribution in [3.8, 4) is 5.75 Å². The van der Waals surface area contributed by atoms with Gasteiger partial charge in [-0.05, 0) is 29.8 Å². The zero-order valence-corrected chi connectivity index (χ0v) is 14.2. The molecule has 0 unspecified atom stereocenters. The van der Waals surface area contributed by atoms with Crippen LogP contribution in [0.5, 0.6) is 5.75 Å². The van der Waals surface area contributed by atoms with Gasteiger partial charge in [0.25, 0.3) is 0 Å². The highest BCUT2D eigenvalue weighted by Crippen LogP contribution is 2.24. The number of halogens is 1. The fourth-order valence-corrected chi connectivity index (χ4v) is 2.44. The van der Waals surface area contributed by atoms with Crippen LogP contribution in [0.25, 0.3) is 6.08 Å². The molecule has 0 aliphatic heterocycles. The monoisotopic (exact) mass is 359 g/mol. The van der Waals surface area contributed by atoms with Crippen LogP contribution in [0, 0.1) is 0 Å². The summed E-state index contributed by atoms with van der Waals surface area (Å²) in [5.41, 5.74) is 1.96. The van der Waals surface area contributed by atoms with E-state index in [2.05, 4.69) is 15.9 Å². The quantitative estimate of drug-likeness (QED) is 0.751. The number of benzene rings is 2. The van der Waals surface area contributed by atoms with Crippen molar-refractivity contribution in [2.45, 2.75) is 6.54 Å². The Kier molecular flexibility index (Phi) is 5.78. The van der Waals surface area contributed by atoms with Crippen LogP contribution in [-0.4, -0.2) is 25.0 Å². The van der Waals surface area contributed by atoms with Gasteiger partial charge in [-0.25, -0.2) is 0 Å². The lowest BCUT2D eigenvalue weighted by Gasteiger charge is -2.15. The third-order valence-electron chi connectivity index (χ3n) is 3.24. The average molecular weight is 360 g/mol. The van der Waals surface area contributed by atoms with Crippen molar-refractivity contribution in [3.63, 3.8) is 0 Å². The lowest BCUT2D eigenvalue weighted by atomic mass is 10.2. The molecule has 0 fully saturated rings. The summed E-state index contributed by atoms with van der Waals surface area (Å²) in [5.74, 6) is 0.684. The van der Waals surface area contributed by atoms with Gasteiger partial charge in [0.1, 0.15) is 5.75 Å². The standard InChI is InChI=1S/C18H18BrNO2/c1-20(13-14-6-4-3-5-7-14)18(21)11-8-15-12-16(19)9-10-17(15)22-2/h3-12H,13H2,1-2H3. The first-order chi connectivity index (χ1) is 10.6. The summed E-state index contributed by atoms with van der Waals surface area (Å²) < 4.78 is 6.23. The molecule has 0 saturated carbocycles. The summed E-state index contributed by atoms with van der Waals surface area (Å²) in [6.45, 7) is 0.583. The molecule has 0 bridgehead atoms. The number of carbonyl (C=O) groups is 1. The molecule has 0 saturated heterocycles. The molecule has 0 heterocycles. The second kappa shape index (κ2) is 7.80. The molecule has 22 heavy (non-hydrogen) atoms. The van der Waals surface area contributed by atoms with E-state index in [1.165, 1.54) is 0 Å². The molecule has 0 aliphatic carbocycles. The minimum Gasteiger partial charge on any atom is -0.496 e. The SMILES string of the molecule is COc1ccc(Br)cc1C=CC(=O)N(C)Cc1ccccc1. The molecule has 0 aliphatic rings. The zero-order valence-electron chi connectivity index (χ0n) is 12.6. The Hall–Kier alpha value is -2.07. The van der Waals surface area contributed by atoms with Crippen LogP contribution < -0.4 is 4.74 Å². The predicted molar refractivity (Wildman–Crippen MR) is 92.6 cm³/mol. The number of hydrogen-bond donors (Lipinski definition) is 0. The van der Waals surface area contributed by atoms with Crippen molar-refractivity contribution in [2.24, 2.45) is 0 Å². The Morgan fingerprint density at radius 1 is 1.23 bits per heavy atom. The molecule has 0 spiro atoms. The van der Waals surface area contributed by atoms with E-state index in [-0.39, 0.29) is 5.91 Å². The fraction of sp³-hybridized carbons (Fsp3) is 0.167. The van der Waals surface area contributed by atoms with Gasteiger partial charge in [0, 0.05) is 29.7 Å². The van der Waals surface area contributed by atoms with Crippen molar-refractivity contribution < 1.29 is 9.53 Å². The van der Waals surface area contributed by atoms with Gasteiger partial charge in [0.05, 0.1) is 7.11 Å². The maximum Gasteiger partial charge on any atom is 0.246 e. The van der Waals surface area contributed by atoms with Crippen LogP contribution in [0.1, 0.15) is 11.1 Å². The summed E-state index contributed by atoms with van der Waals surface area (Å²) >= 11 is 3.42. The molecule has 2 aromatic rings. The lowest BCUT2D eigenvalue weighted by Crippen LogP contribution is -2.24. The molecule has 1 amide bonds. The van der Waals surface area contributed by atoms with Crippen molar-refractivity contribution in [1.29, 1.82) is 0 Å². The molecule has 2 rings (SSSR count). The van der Waals surface area contributed by atoms with Crippen molar-refractivity contribution in [3.05, 3.63) is 70.2 Å². The summed E-state index contributed by atoms with van der Waals surface area (Å²) in [6.07, 6.45) is 3.33. The number of likely N-dealkylation sites (N-methyl/N-ethyl adjacent to an activating group) is 1. The third kappa shape index (κ3) is 4.46. The molecule has 0 N–H and O–H groups in total. The van der Waals surface area contributed by atoms with E-state index in [1.54, 1.807) is 31.2 Å². The fourth-order valence-electron chi connectivity index (χ4n) is 2.06. The van der Waals surface area contributed by atoms with E-state index in [4.69, 9.17) is 4.74 Å². The van der Waals surface area contributed by atoms with E-state index < -0.39 is 0 Å². The average Bonchev–Trinajstić information content (AvgIpc) is 2.53. The Labute approximate surface area is 139 Å². The number of amides is 1. The predicted octanol–water partition coefficient (Wildman–Crippen LogP) is 4.13.